The van der Waals surface area contributed by atoms with Gasteiger partial charge in [-0.2, -0.15) is 0 Å². The van der Waals surface area contributed by atoms with Gasteiger partial charge in [-0.05, 0) is 52.2 Å². The molecule has 21 heavy (non-hydrogen) atoms. The van der Waals surface area contributed by atoms with Crippen LogP contribution in [-0.2, 0) is 0 Å². The molecular formula is C18H15FO2. The van der Waals surface area contributed by atoms with Crippen LogP contribution in [0.4, 0.5) is 4.39 Å². The van der Waals surface area contributed by atoms with Crippen molar-refractivity contribution in [2.24, 2.45) is 0 Å². The Morgan fingerprint density at radius 2 is 1.62 bits per heavy atom. The molecule has 0 aliphatic rings. The fourth-order valence-electron chi connectivity index (χ4n) is 2.41. The molecule has 0 spiro atoms. The molecule has 3 aromatic carbocycles. The maximum atomic E-state index is 13.3. The highest BCUT2D eigenvalue weighted by Gasteiger charge is 2.11. The second-order valence-electron chi connectivity index (χ2n) is 4.93. The van der Waals surface area contributed by atoms with Crippen LogP contribution in [0.25, 0.3) is 10.8 Å². The molecule has 1 atom stereocenters. The monoisotopic (exact) mass is 282 g/mol. The Balaban J connectivity index is 2.00. The van der Waals surface area contributed by atoms with E-state index < -0.39 is 6.10 Å². The van der Waals surface area contributed by atoms with Gasteiger partial charge < -0.3 is 9.84 Å². The molecular weight excluding hydrogens is 267 g/mol. The van der Waals surface area contributed by atoms with Crippen LogP contribution in [0.2, 0.25) is 0 Å². The average Bonchev–Trinajstić information content (AvgIpc) is 2.53. The van der Waals surface area contributed by atoms with Crippen LogP contribution < -0.4 is 4.74 Å². The zero-order valence-electron chi connectivity index (χ0n) is 11.6. The molecule has 3 rings (SSSR count). The topological polar surface area (TPSA) is 29.5 Å². The predicted octanol–water partition coefficient (Wildman–Crippen LogP) is 4.07. The van der Waals surface area contributed by atoms with Gasteiger partial charge in [0.15, 0.2) is 0 Å². The predicted molar refractivity (Wildman–Crippen MR) is 81.0 cm³/mol. The third kappa shape index (κ3) is 2.73. The second-order valence-corrected chi connectivity index (χ2v) is 4.93. The first-order valence-corrected chi connectivity index (χ1v) is 6.68. The summed E-state index contributed by atoms with van der Waals surface area (Å²) >= 11 is 0. The normalized spacial score (nSPS) is 12.3. The molecule has 0 aliphatic carbocycles. The minimum atomic E-state index is -0.841. The molecule has 1 N–H and O–H groups in total. The Hall–Kier alpha value is -2.39. The number of benzene rings is 3. The minimum Gasteiger partial charge on any atom is -0.497 e. The largest absolute Gasteiger partial charge is 0.497 e. The molecule has 3 aromatic rings. The fraction of sp³-hybridized carbons (Fsp3) is 0.111. The summed E-state index contributed by atoms with van der Waals surface area (Å²) in [6.45, 7) is 0. The van der Waals surface area contributed by atoms with E-state index in [1.807, 2.05) is 36.4 Å². The van der Waals surface area contributed by atoms with Crippen molar-refractivity contribution in [3.8, 4) is 5.75 Å². The van der Waals surface area contributed by atoms with Gasteiger partial charge >= 0.3 is 0 Å². The summed E-state index contributed by atoms with van der Waals surface area (Å²) in [5.74, 6) is 0.443. The molecule has 0 heterocycles. The molecule has 106 valence electrons. The van der Waals surface area contributed by atoms with Gasteiger partial charge in [0.1, 0.15) is 17.7 Å². The maximum Gasteiger partial charge on any atom is 0.123 e. The highest BCUT2D eigenvalue weighted by atomic mass is 19.1. The zero-order chi connectivity index (χ0) is 14.8. The summed E-state index contributed by atoms with van der Waals surface area (Å²) in [7, 11) is 1.63. The Bertz CT molecular complexity index is 783. The fourth-order valence-corrected chi connectivity index (χ4v) is 2.41. The van der Waals surface area contributed by atoms with E-state index in [1.165, 1.54) is 12.1 Å². The van der Waals surface area contributed by atoms with E-state index in [9.17, 15) is 9.50 Å². The van der Waals surface area contributed by atoms with Gasteiger partial charge in [0.05, 0.1) is 7.11 Å². The van der Waals surface area contributed by atoms with Crippen LogP contribution in [-0.4, -0.2) is 12.2 Å². The van der Waals surface area contributed by atoms with Crippen LogP contribution >= 0.6 is 0 Å². The summed E-state index contributed by atoms with van der Waals surface area (Å²) in [5.41, 5.74) is 1.28. The standard InChI is InChI=1S/C18H15FO2/c1-21-17-8-7-12-9-15(6-5-13(12)11-17)18(20)14-3-2-4-16(19)10-14/h2-11,18,20H,1H3. The van der Waals surface area contributed by atoms with Gasteiger partial charge in [0.25, 0.3) is 0 Å². The van der Waals surface area contributed by atoms with Crippen molar-refractivity contribution in [3.05, 3.63) is 77.6 Å². The number of aliphatic hydroxyl groups excluding tert-OH is 1. The zero-order valence-corrected chi connectivity index (χ0v) is 11.6. The molecule has 0 saturated heterocycles. The number of hydrogen-bond donors (Lipinski definition) is 1. The number of methoxy groups -OCH3 is 1. The van der Waals surface area contributed by atoms with Crippen molar-refractivity contribution in [2.75, 3.05) is 7.11 Å². The summed E-state index contributed by atoms with van der Waals surface area (Å²) in [6, 6.07) is 17.5. The number of fused-ring (bicyclic) bond motifs is 1. The van der Waals surface area contributed by atoms with E-state index in [2.05, 4.69) is 0 Å². The highest BCUT2D eigenvalue weighted by Crippen LogP contribution is 2.27. The molecule has 0 aliphatic heterocycles. The van der Waals surface area contributed by atoms with Crippen molar-refractivity contribution >= 4 is 10.8 Å². The lowest BCUT2D eigenvalue weighted by atomic mass is 9.98. The Morgan fingerprint density at radius 1 is 0.905 bits per heavy atom. The third-order valence-corrected chi connectivity index (χ3v) is 3.55. The minimum absolute atomic E-state index is 0.350. The molecule has 3 heteroatoms. The van der Waals surface area contributed by atoms with Gasteiger partial charge in [-0.3, -0.25) is 0 Å². The molecule has 1 unspecified atom stereocenters. The lowest BCUT2D eigenvalue weighted by Crippen LogP contribution is -2.00. The van der Waals surface area contributed by atoms with E-state index >= 15 is 0 Å². The van der Waals surface area contributed by atoms with Crippen LogP contribution in [0.1, 0.15) is 17.2 Å². The highest BCUT2D eigenvalue weighted by molar-refractivity contribution is 5.84. The summed E-state index contributed by atoms with van der Waals surface area (Å²) in [5, 5.41) is 12.4. The van der Waals surface area contributed by atoms with Gasteiger partial charge in [-0.1, -0.05) is 30.3 Å². The molecule has 0 amide bonds. The van der Waals surface area contributed by atoms with Crippen molar-refractivity contribution in [3.63, 3.8) is 0 Å². The van der Waals surface area contributed by atoms with E-state index in [0.717, 1.165) is 22.1 Å². The SMILES string of the molecule is COc1ccc2cc(C(O)c3cccc(F)c3)ccc2c1. The molecule has 0 saturated carbocycles. The van der Waals surface area contributed by atoms with Crippen molar-refractivity contribution in [1.82, 2.24) is 0 Å². The smallest absolute Gasteiger partial charge is 0.123 e. The Morgan fingerprint density at radius 3 is 2.38 bits per heavy atom. The van der Waals surface area contributed by atoms with E-state index in [-0.39, 0.29) is 5.82 Å². The van der Waals surface area contributed by atoms with Crippen LogP contribution in [0, 0.1) is 5.82 Å². The lowest BCUT2D eigenvalue weighted by molar-refractivity contribution is 0.220. The van der Waals surface area contributed by atoms with Crippen LogP contribution in [0.5, 0.6) is 5.75 Å². The van der Waals surface area contributed by atoms with Gasteiger partial charge in [-0.25, -0.2) is 4.39 Å². The molecule has 0 fully saturated rings. The van der Waals surface area contributed by atoms with Crippen LogP contribution in [0.15, 0.2) is 60.7 Å². The Kier molecular flexibility index (Phi) is 3.59. The lowest BCUT2D eigenvalue weighted by Gasteiger charge is -2.13. The Labute approximate surface area is 122 Å². The maximum absolute atomic E-state index is 13.3. The van der Waals surface area contributed by atoms with Crippen LogP contribution in [0.3, 0.4) is 0 Å². The van der Waals surface area contributed by atoms with Gasteiger partial charge in [-0.15, -0.1) is 0 Å². The number of hydrogen-bond acceptors (Lipinski definition) is 2. The quantitative estimate of drug-likeness (QED) is 0.784. The van der Waals surface area contributed by atoms with E-state index in [1.54, 1.807) is 19.2 Å². The third-order valence-electron chi connectivity index (χ3n) is 3.55. The number of halogens is 1. The average molecular weight is 282 g/mol. The van der Waals surface area contributed by atoms with E-state index in [0.29, 0.717) is 5.56 Å². The second kappa shape index (κ2) is 5.54. The first-order valence-electron chi connectivity index (χ1n) is 6.68. The number of ether oxygens (including phenoxy) is 1. The summed E-state index contributed by atoms with van der Waals surface area (Å²) in [4.78, 5) is 0. The number of rotatable bonds is 3. The molecule has 2 nitrogen and oxygen atoms in total. The number of aliphatic hydroxyl groups is 1. The first kappa shape index (κ1) is 13.6. The molecule has 0 radical (unpaired) electrons. The van der Waals surface area contributed by atoms with E-state index in [4.69, 9.17) is 4.74 Å². The first-order chi connectivity index (χ1) is 10.2. The summed E-state index contributed by atoms with van der Waals surface area (Å²) in [6.07, 6.45) is -0.841. The van der Waals surface area contributed by atoms with Crippen molar-refractivity contribution in [2.45, 2.75) is 6.10 Å². The van der Waals surface area contributed by atoms with Gasteiger partial charge in [0.2, 0.25) is 0 Å². The summed E-state index contributed by atoms with van der Waals surface area (Å²) < 4.78 is 18.4. The molecule has 0 aromatic heterocycles. The van der Waals surface area contributed by atoms with Gasteiger partial charge in [0, 0.05) is 0 Å². The van der Waals surface area contributed by atoms with Crippen molar-refractivity contribution in [1.29, 1.82) is 0 Å². The molecule has 0 bridgehead atoms. The van der Waals surface area contributed by atoms with Crippen molar-refractivity contribution < 1.29 is 14.2 Å².